The molecule has 6 heteroatoms. The zero-order valence-electron chi connectivity index (χ0n) is 12.5. The maximum Gasteiger partial charge on any atom is 0.238 e. The SMILES string of the molecule is CC1C(=O)N(c2ccc(O)c(Cl)c2)C(=O)C1C1C=CSC2CC21. The summed E-state index contributed by atoms with van der Waals surface area (Å²) in [6.07, 6.45) is 3.22. The number of hydrogen-bond acceptors (Lipinski definition) is 4. The highest BCUT2D eigenvalue weighted by Crippen LogP contribution is 2.55. The van der Waals surface area contributed by atoms with E-state index < -0.39 is 0 Å². The summed E-state index contributed by atoms with van der Waals surface area (Å²) in [5, 5.41) is 12.4. The van der Waals surface area contributed by atoms with E-state index in [2.05, 4.69) is 11.5 Å². The molecule has 2 amide bonds. The predicted octanol–water partition coefficient (Wildman–Crippen LogP) is 3.44. The van der Waals surface area contributed by atoms with Crippen LogP contribution in [0.2, 0.25) is 5.02 Å². The number of imide groups is 1. The molecule has 2 fully saturated rings. The smallest absolute Gasteiger partial charge is 0.238 e. The standard InChI is InChI=1S/C17H16ClNO3S/c1-8-15(10-4-5-23-14-7-11(10)14)17(22)19(16(8)21)9-2-3-13(20)12(18)6-9/h2-6,8,10-11,14-15,20H,7H2,1H3. The Morgan fingerprint density at radius 2 is 2.09 bits per heavy atom. The van der Waals surface area contributed by atoms with Gasteiger partial charge in [-0.1, -0.05) is 24.6 Å². The first-order chi connectivity index (χ1) is 11.0. The van der Waals surface area contributed by atoms with Gasteiger partial charge in [-0.3, -0.25) is 9.59 Å². The van der Waals surface area contributed by atoms with E-state index >= 15 is 0 Å². The van der Waals surface area contributed by atoms with Crippen molar-refractivity contribution in [1.82, 2.24) is 0 Å². The second-order valence-corrected chi connectivity index (χ2v) is 8.00. The lowest BCUT2D eigenvalue weighted by atomic mass is 9.81. The fourth-order valence-electron chi connectivity index (χ4n) is 3.73. The van der Waals surface area contributed by atoms with Crippen LogP contribution < -0.4 is 4.90 Å². The lowest BCUT2D eigenvalue weighted by molar-refractivity contribution is -0.122. The maximum atomic E-state index is 12.9. The number of carbonyl (C=O) groups excluding carboxylic acids is 2. The zero-order valence-corrected chi connectivity index (χ0v) is 14.1. The van der Waals surface area contributed by atoms with Crippen LogP contribution in [0.1, 0.15) is 13.3 Å². The van der Waals surface area contributed by atoms with Gasteiger partial charge in [0.25, 0.3) is 0 Å². The molecular formula is C17H16ClNO3S. The summed E-state index contributed by atoms with van der Waals surface area (Å²) in [6, 6.07) is 4.43. The van der Waals surface area contributed by atoms with E-state index in [0.29, 0.717) is 16.9 Å². The molecule has 0 spiro atoms. The molecule has 1 aromatic carbocycles. The number of rotatable bonds is 2. The van der Waals surface area contributed by atoms with Gasteiger partial charge in [0.1, 0.15) is 5.75 Å². The number of halogens is 1. The van der Waals surface area contributed by atoms with Crippen LogP contribution in [0.4, 0.5) is 5.69 Å². The van der Waals surface area contributed by atoms with Crippen LogP contribution >= 0.6 is 23.4 Å². The number of amides is 2. The molecule has 2 aliphatic heterocycles. The minimum absolute atomic E-state index is 0.0628. The van der Waals surface area contributed by atoms with Gasteiger partial charge in [0.05, 0.1) is 16.6 Å². The number of hydrogen-bond donors (Lipinski definition) is 1. The largest absolute Gasteiger partial charge is 0.506 e. The van der Waals surface area contributed by atoms with E-state index in [1.165, 1.54) is 17.0 Å². The van der Waals surface area contributed by atoms with Gasteiger partial charge in [-0.25, -0.2) is 4.90 Å². The summed E-state index contributed by atoms with van der Waals surface area (Å²) in [7, 11) is 0. The molecule has 4 nitrogen and oxygen atoms in total. The van der Waals surface area contributed by atoms with Crippen molar-refractivity contribution < 1.29 is 14.7 Å². The number of anilines is 1. The number of benzene rings is 1. The fraction of sp³-hybridized carbons (Fsp3) is 0.412. The van der Waals surface area contributed by atoms with Crippen LogP contribution in [0.3, 0.4) is 0 Å². The van der Waals surface area contributed by atoms with Crippen LogP contribution in [0.25, 0.3) is 0 Å². The topological polar surface area (TPSA) is 57.6 Å². The molecular weight excluding hydrogens is 334 g/mol. The predicted molar refractivity (Wildman–Crippen MR) is 90.4 cm³/mol. The Morgan fingerprint density at radius 3 is 2.83 bits per heavy atom. The van der Waals surface area contributed by atoms with E-state index in [-0.39, 0.29) is 40.3 Å². The average molecular weight is 350 g/mol. The molecule has 1 aromatic rings. The quantitative estimate of drug-likeness (QED) is 0.831. The molecule has 4 rings (SSSR count). The summed E-state index contributed by atoms with van der Waals surface area (Å²) in [5.41, 5.74) is 0.429. The Morgan fingerprint density at radius 1 is 1.30 bits per heavy atom. The van der Waals surface area contributed by atoms with Gasteiger partial charge in [-0.05, 0) is 41.9 Å². The highest BCUT2D eigenvalue weighted by molar-refractivity contribution is 8.03. The first kappa shape index (κ1) is 15.1. The number of thioether (sulfide) groups is 1. The normalized spacial score (nSPS) is 35.6. The maximum absolute atomic E-state index is 12.9. The van der Waals surface area contributed by atoms with Gasteiger partial charge in [0, 0.05) is 11.2 Å². The highest BCUT2D eigenvalue weighted by Gasteiger charge is 2.55. The third-order valence-corrected chi connectivity index (χ3v) is 6.59. The summed E-state index contributed by atoms with van der Waals surface area (Å²) < 4.78 is 0. The summed E-state index contributed by atoms with van der Waals surface area (Å²) in [6.45, 7) is 1.83. The van der Waals surface area contributed by atoms with E-state index in [1.807, 2.05) is 18.7 Å². The van der Waals surface area contributed by atoms with Crippen molar-refractivity contribution in [2.24, 2.45) is 23.7 Å². The molecule has 5 atom stereocenters. The molecule has 2 heterocycles. The Labute approximate surface area is 143 Å². The molecule has 1 aliphatic carbocycles. The van der Waals surface area contributed by atoms with Crippen LogP contribution in [-0.4, -0.2) is 22.2 Å². The first-order valence-electron chi connectivity index (χ1n) is 7.67. The summed E-state index contributed by atoms with van der Waals surface area (Å²) in [4.78, 5) is 26.8. The van der Waals surface area contributed by atoms with Crippen molar-refractivity contribution in [1.29, 1.82) is 0 Å². The fourth-order valence-corrected chi connectivity index (χ4v) is 5.10. The first-order valence-corrected chi connectivity index (χ1v) is 8.99. The van der Waals surface area contributed by atoms with E-state index in [4.69, 9.17) is 11.6 Å². The monoisotopic (exact) mass is 349 g/mol. The average Bonchev–Trinajstić information content (AvgIpc) is 3.27. The number of fused-ring (bicyclic) bond motifs is 1. The van der Waals surface area contributed by atoms with Crippen molar-refractivity contribution in [3.05, 3.63) is 34.7 Å². The van der Waals surface area contributed by atoms with Crippen molar-refractivity contribution in [3.8, 4) is 5.75 Å². The second kappa shape index (κ2) is 5.28. The summed E-state index contributed by atoms with van der Waals surface area (Å²) in [5.74, 6) is -0.395. The number of phenols is 1. The molecule has 0 aromatic heterocycles. The van der Waals surface area contributed by atoms with Gasteiger partial charge >= 0.3 is 0 Å². The van der Waals surface area contributed by atoms with Crippen molar-refractivity contribution in [2.75, 3.05) is 4.90 Å². The van der Waals surface area contributed by atoms with Crippen LogP contribution in [0.15, 0.2) is 29.7 Å². The number of aromatic hydroxyl groups is 1. The van der Waals surface area contributed by atoms with Crippen LogP contribution in [0.5, 0.6) is 5.75 Å². The van der Waals surface area contributed by atoms with Crippen LogP contribution in [-0.2, 0) is 9.59 Å². The van der Waals surface area contributed by atoms with Gasteiger partial charge < -0.3 is 5.11 Å². The molecule has 0 bridgehead atoms. The van der Waals surface area contributed by atoms with Crippen molar-refractivity contribution in [3.63, 3.8) is 0 Å². The molecule has 23 heavy (non-hydrogen) atoms. The third-order valence-electron chi connectivity index (χ3n) is 5.09. The number of allylic oxidation sites excluding steroid dienone is 1. The van der Waals surface area contributed by atoms with E-state index in [1.54, 1.807) is 6.07 Å². The van der Waals surface area contributed by atoms with Gasteiger partial charge in [0.2, 0.25) is 11.8 Å². The Kier molecular flexibility index (Phi) is 3.46. The zero-order chi connectivity index (χ0) is 16.3. The Balaban J connectivity index is 1.68. The molecule has 1 saturated carbocycles. The third kappa shape index (κ3) is 2.29. The second-order valence-electron chi connectivity index (χ2n) is 6.44. The highest BCUT2D eigenvalue weighted by atomic mass is 35.5. The molecule has 5 unspecified atom stereocenters. The molecule has 120 valence electrons. The van der Waals surface area contributed by atoms with Crippen molar-refractivity contribution in [2.45, 2.75) is 18.6 Å². The van der Waals surface area contributed by atoms with E-state index in [9.17, 15) is 14.7 Å². The minimum atomic E-state index is -0.339. The molecule has 1 saturated heterocycles. The molecule has 0 radical (unpaired) electrons. The number of phenolic OH excluding ortho intramolecular Hbond substituents is 1. The van der Waals surface area contributed by atoms with Crippen LogP contribution in [0, 0.1) is 23.7 Å². The molecule has 3 aliphatic rings. The van der Waals surface area contributed by atoms with Crippen molar-refractivity contribution >= 4 is 40.9 Å². The summed E-state index contributed by atoms with van der Waals surface area (Å²) >= 11 is 7.75. The van der Waals surface area contributed by atoms with E-state index in [0.717, 1.165) is 6.42 Å². The number of carbonyl (C=O) groups is 2. The lowest BCUT2D eigenvalue weighted by Gasteiger charge is -2.23. The lowest BCUT2D eigenvalue weighted by Crippen LogP contribution is -2.32. The molecule has 1 N–H and O–H groups in total. The van der Waals surface area contributed by atoms with Gasteiger partial charge in [-0.15, -0.1) is 11.8 Å². The van der Waals surface area contributed by atoms with Gasteiger partial charge in [-0.2, -0.15) is 0 Å². The Hall–Kier alpha value is -1.46. The number of nitrogens with zero attached hydrogens (tertiary/aromatic N) is 1. The Bertz CT molecular complexity index is 735. The van der Waals surface area contributed by atoms with Gasteiger partial charge in [0.15, 0.2) is 0 Å². The minimum Gasteiger partial charge on any atom is -0.506 e.